The van der Waals surface area contributed by atoms with E-state index in [4.69, 9.17) is 4.74 Å². The Morgan fingerprint density at radius 1 is 1.38 bits per heavy atom. The van der Waals surface area contributed by atoms with Gasteiger partial charge in [0.2, 0.25) is 20.0 Å². The highest BCUT2D eigenvalue weighted by Gasteiger charge is 2.34. The summed E-state index contributed by atoms with van der Waals surface area (Å²) in [6, 6.07) is 4.78. The van der Waals surface area contributed by atoms with Gasteiger partial charge in [0, 0.05) is 29.5 Å². The number of sulfonamides is 2. The Kier molecular flexibility index (Phi) is 6.89. The van der Waals surface area contributed by atoms with Crippen molar-refractivity contribution in [3.63, 3.8) is 0 Å². The molecule has 0 aliphatic carbocycles. The Morgan fingerprint density at radius 2 is 2.08 bits per heavy atom. The van der Waals surface area contributed by atoms with E-state index in [-0.39, 0.29) is 30.0 Å². The number of rotatable bonds is 8. The molecule has 1 saturated heterocycles. The molecule has 0 radical (unpaired) electrons. The molecular weight excluding hydrogens is 444 g/mol. The van der Waals surface area contributed by atoms with Crippen LogP contribution < -0.4 is 9.46 Å². The second-order valence-corrected chi connectivity index (χ2v) is 10.8. The lowest BCUT2D eigenvalue weighted by Gasteiger charge is -2.18. The second-order valence-electron chi connectivity index (χ2n) is 6.34. The smallest absolute Gasteiger partial charge is 0.244 e. The van der Waals surface area contributed by atoms with Gasteiger partial charge >= 0.3 is 0 Å². The van der Waals surface area contributed by atoms with Gasteiger partial charge in [-0.3, -0.25) is 0 Å². The number of ether oxygens (including phenoxy) is 1. The van der Waals surface area contributed by atoms with E-state index in [0.29, 0.717) is 23.2 Å². The van der Waals surface area contributed by atoms with Crippen molar-refractivity contribution in [3.8, 4) is 5.75 Å². The normalized spacial score (nSPS) is 19.0. The van der Waals surface area contributed by atoms with Gasteiger partial charge in [0.25, 0.3) is 0 Å². The summed E-state index contributed by atoms with van der Waals surface area (Å²) in [5, 5.41) is 0.842. The van der Waals surface area contributed by atoms with Crippen molar-refractivity contribution in [3.05, 3.63) is 34.7 Å². The molecule has 7 nitrogen and oxygen atoms in total. The SMILES string of the molecule is C=CS(=O)(=O)NCC1CCN(S(=O)(=O)c2ccc(OC(C)C)cc2Br)C1. The van der Waals surface area contributed by atoms with E-state index in [1.165, 1.54) is 10.4 Å². The van der Waals surface area contributed by atoms with Crippen molar-refractivity contribution in [1.29, 1.82) is 0 Å². The molecular formula is C16H23BrN2O5S2. The minimum Gasteiger partial charge on any atom is -0.491 e. The van der Waals surface area contributed by atoms with Crippen LogP contribution in [0.4, 0.5) is 0 Å². The molecule has 1 heterocycles. The molecule has 0 aromatic heterocycles. The quantitative estimate of drug-likeness (QED) is 0.634. The lowest BCUT2D eigenvalue weighted by Crippen LogP contribution is -2.32. The van der Waals surface area contributed by atoms with Crippen molar-refractivity contribution in [2.75, 3.05) is 19.6 Å². The molecule has 1 N–H and O–H groups in total. The molecule has 0 saturated carbocycles. The van der Waals surface area contributed by atoms with Crippen molar-refractivity contribution in [2.24, 2.45) is 5.92 Å². The molecule has 146 valence electrons. The molecule has 26 heavy (non-hydrogen) atoms. The van der Waals surface area contributed by atoms with Crippen LogP contribution in [0.5, 0.6) is 5.75 Å². The zero-order valence-electron chi connectivity index (χ0n) is 14.7. The summed E-state index contributed by atoms with van der Waals surface area (Å²) in [6.07, 6.45) is 0.577. The Balaban J connectivity index is 2.10. The summed E-state index contributed by atoms with van der Waals surface area (Å²) in [4.78, 5) is 0.168. The fourth-order valence-electron chi connectivity index (χ4n) is 2.65. The Labute approximate surface area is 163 Å². The van der Waals surface area contributed by atoms with E-state index < -0.39 is 20.0 Å². The van der Waals surface area contributed by atoms with Gasteiger partial charge in [-0.25, -0.2) is 21.6 Å². The van der Waals surface area contributed by atoms with Gasteiger partial charge in [0.05, 0.1) is 11.0 Å². The summed E-state index contributed by atoms with van der Waals surface area (Å²) in [5.74, 6) is 0.505. The van der Waals surface area contributed by atoms with Gasteiger partial charge in [0.1, 0.15) is 5.75 Å². The molecule has 2 rings (SSSR count). The monoisotopic (exact) mass is 466 g/mol. The van der Waals surface area contributed by atoms with Gasteiger partial charge in [-0.2, -0.15) is 4.31 Å². The predicted molar refractivity (Wildman–Crippen MR) is 104 cm³/mol. The average molecular weight is 467 g/mol. The highest BCUT2D eigenvalue weighted by Crippen LogP contribution is 2.31. The van der Waals surface area contributed by atoms with Crippen LogP contribution in [0, 0.1) is 5.92 Å². The topological polar surface area (TPSA) is 92.8 Å². The first-order valence-electron chi connectivity index (χ1n) is 8.13. The molecule has 1 aliphatic rings. The van der Waals surface area contributed by atoms with Crippen LogP contribution >= 0.6 is 15.9 Å². The molecule has 1 aromatic rings. The van der Waals surface area contributed by atoms with E-state index in [0.717, 1.165) is 5.41 Å². The first-order chi connectivity index (χ1) is 12.0. The van der Waals surface area contributed by atoms with E-state index in [2.05, 4.69) is 27.2 Å². The van der Waals surface area contributed by atoms with Crippen molar-refractivity contribution in [2.45, 2.75) is 31.3 Å². The minimum atomic E-state index is -3.67. The molecule has 0 spiro atoms. The summed E-state index contributed by atoms with van der Waals surface area (Å²) in [6.45, 7) is 7.81. The van der Waals surface area contributed by atoms with Crippen LogP contribution in [0.2, 0.25) is 0 Å². The van der Waals surface area contributed by atoms with Crippen molar-refractivity contribution in [1.82, 2.24) is 9.03 Å². The van der Waals surface area contributed by atoms with Crippen LogP contribution in [0.15, 0.2) is 39.6 Å². The van der Waals surface area contributed by atoms with Gasteiger partial charge in [-0.15, -0.1) is 0 Å². The van der Waals surface area contributed by atoms with Gasteiger partial charge < -0.3 is 4.74 Å². The lowest BCUT2D eigenvalue weighted by molar-refractivity contribution is 0.242. The third-order valence-corrected chi connectivity index (χ3v) is 7.78. The summed E-state index contributed by atoms with van der Waals surface area (Å²) >= 11 is 3.31. The molecule has 1 atom stereocenters. The third kappa shape index (κ3) is 5.29. The standard InChI is InChI=1S/C16H23BrN2O5S2/c1-4-25(20,21)18-10-13-7-8-19(11-13)26(22,23)16-6-5-14(9-15(16)17)24-12(2)3/h4-6,9,12-13,18H,1,7-8,10-11H2,2-3H3. The first kappa shape index (κ1) is 21.4. The zero-order valence-corrected chi connectivity index (χ0v) is 17.9. The van der Waals surface area contributed by atoms with Crippen LogP contribution in [-0.4, -0.2) is 46.9 Å². The first-order valence-corrected chi connectivity index (χ1v) is 11.9. The number of nitrogens with one attached hydrogen (secondary N) is 1. The Bertz CT molecular complexity index is 869. The maximum atomic E-state index is 12.9. The van der Waals surface area contributed by atoms with Crippen molar-refractivity contribution < 1.29 is 21.6 Å². The number of halogens is 1. The van der Waals surface area contributed by atoms with Gasteiger partial charge in [-0.05, 0) is 60.3 Å². The average Bonchev–Trinajstić information content (AvgIpc) is 3.02. The third-order valence-electron chi connectivity index (χ3n) is 3.93. The zero-order chi connectivity index (χ0) is 19.5. The Hall–Kier alpha value is -0.940. The van der Waals surface area contributed by atoms with Crippen LogP contribution in [0.25, 0.3) is 0 Å². The van der Waals surface area contributed by atoms with Crippen LogP contribution in [0.1, 0.15) is 20.3 Å². The number of nitrogens with zero attached hydrogens (tertiary/aromatic N) is 1. The molecule has 1 aromatic carbocycles. The molecule has 1 fully saturated rings. The highest BCUT2D eigenvalue weighted by atomic mass is 79.9. The maximum Gasteiger partial charge on any atom is 0.244 e. The highest BCUT2D eigenvalue weighted by molar-refractivity contribution is 9.10. The van der Waals surface area contributed by atoms with Gasteiger partial charge in [0.15, 0.2) is 0 Å². The van der Waals surface area contributed by atoms with Crippen LogP contribution in [-0.2, 0) is 20.0 Å². The maximum absolute atomic E-state index is 12.9. The summed E-state index contributed by atoms with van der Waals surface area (Å²) in [5.41, 5.74) is 0. The largest absolute Gasteiger partial charge is 0.491 e. The molecule has 1 unspecified atom stereocenters. The van der Waals surface area contributed by atoms with Crippen molar-refractivity contribution >= 4 is 36.0 Å². The molecule has 1 aliphatic heterocycles. The number of hydrogen-bond donors (Lipinski definition) is 1. The van der Waals surface area contributed by atoms with E-state index >= 15 is 0 Å². The van der Waals surface area contributed by atoms with Gasteiger partial charge in [-0.1, -0.05) is 6.58 Å². The minimum absolute atomic E-state index is 0.0111. The molecule has 0 amide bonds. The fraction of sp³-hybridized carbons (Fsp3) is 0.500. The number of hydrogen-bond acceptors (Lipinski definition) is 5. The van der Waals surface area contributed by atoms with E-state index in [1.54, 1.807) is 12.1 Å². The van der Waals surface area contributed by atoms with E-state index in [1.807, 2.05) is 13.8 Å². The number of benzene rings is 1. The fourth-order valence-corrected chi connectivity index (χ4v) is 5.78. The predicted octanol–water partition coefficient (Wildman–Crippen LogP) is 2.31. The van der Waals surface area contributed by atoms with Crippen LogP contribution in [0.3, 0.4) is 0 Å². The summed E-state index contributed by atoms with van der Waals surface area (Å²) < 4.78 is 58.4. The lowest BCUT2D eigenvalue weighted by atomic mass is 10.1. The summed E-state index contributed by atoms with van der Waals surface area (Å²) in [7, 11) is -7.18. The molecule has 10 heteroatoms. The second kappa shape index (κ2) is 8.39. The van der Waals surface area contributed by atoms with E-state index in [9.17, 15) is 16.8 Å². The Morgan fingerprint density at radius 3 is 2.65 bits per heavy atom. The molecule has 0 bridgehead atoms.